The van der Waals surface area contributed by atoms with Crippen LogP contribution in [0.4, 0.5) is 0 Å². The van der Waals surface area contributed by atoms with Gasteiger partial charge in [0.2, 0.25) is 5.91 Å². The molecule has 5 heteroatoms. The number of carbonyl (C=O) groups is 3. The topological polar surface area (TPSA) is 63.7 Å². The lowest BCUT2D eigenvalue weighted by Gasteiger charge is -2.22. The third-order valence-corrected chi connectivity index (χ3v) is 4.64. The SMILES string of the molecule is C#CCCCC(=O)/C=C/[C@H]1CCC(=O)N1CCc1ccc(C(=O)OC)cc1. The molecule has 1 aliphatic heterocycles. The molecule has 1 fully saturated rings. The van der Waals surface area contributed by atoms with Crippen LogP contribution >= 0.6 is 0 Å². The number of benzene rings is 1. The molecular weight excluding hydrogens is 342 g/mol. The number of hydrogen-bond donors (Lipinski definition) is 0. The van der Waals surface area contributed by atoms with Gasteiger partial charge in [0.25, 0.3) is 0 Å². The van der Waals surface area contributed by atoms with Crippen molar-refractivity contribution in [1.29, 1.82) is 0 Å². The Morgan fingerprint density at radius 3 is 2.74 bits per heavy atom. The lowest BCUT2D eigenvalue weighted by molar-refractivity contribution is -0.128. The van der Waals surface area contributed by atoms with Gasteiger partial charge in [-0.15, -0.1) is 12.3 Å². The normalized spacial score (nSPS) is 16.5. The van der Waals surface area contributed by atoms with Crippen molar-refractivity contribution >= 4 is 17.7 Å². The predicted molar refractivity (Wildman–Crippen MR) is 103 cm³/mol. The summed E-state index contributed by atoms with van der Waals surface area (Å²) in [5.41, 5.74) is 1.54. The second kappa shape index (κ2) is 10.3. The molecule has 0 spiro atoms. The van der Waals surface area contributed by atoms with E-state index in [2.05, 4.69) is 10.7 Å². The van der Waals surface area contributed by atoms with E-state index >= 15 is 0 Å². The standard InChI is InChI=1S/C22H25NO4/c1-3-4-5-6-20(24)13-11-19-12-14-21(25)23(19)16-15-17-7-9-18(10-8-17)22(26)27-2/h1,7-11,13,19H,4-6,12,14-16H2,2H3/b13-11+/t19-/m0/s1. The molecule has 2 rings (SSSR count). The van der Waals surface area contributed by atoms with Crippen LogP contribution in [0.3, 0.4) is 0 Å². The third-order valence-electron chi connectivity index (χ3n) is 4.64. The molecule has 27 heavy (non-hydrogen) atoms. The molecule has 142 valence electrons. The number of methoxy groups -OCH3 is 1. The summed E-state index contributed by atoms with van der Waals surface area (Å²) in [6.07, 6.45) is 12.3. The van der Waals surface area contributed by atoms with E-state index < -0.39 is 0 Å². The van der Waals surface area contributed by atoms with Crippen molar-refractivity contribution < 1.29 is 19.1 Å². The van der Waals surface area contributed by atoms with Crippen molar-refractivity contribution in [2.75, 3.05) is 13.7 Å². The van der Waals surface area contributed by atoms with Gasteiger partial charge in [-0.3, -0.25) is 9.59 Å². The largest absolute Gasteiger partial charge is 0.465 e. The summed E-state index contributed by atoms with van der Waals surface area (Å²) in [7, 11) is 1.35. The first kappa shape index (κ1) is 20.4. The van der Waals surface area contributed by atoms with Gasteiger partial charge in [0.05, 0.1) is 18.7 Å². The van der Waals surface area contributed by atoms with Crippen LogP contribution < -0.4 is 0 Å². The van der Waals surface area contributed by atoms with Crippen molar-refractivity contribution in [3.05, 3.63) is 47.5 Å². The number of carbonyl (C=O) groups excluding carboxylic acids is 3. The summed E-state index contributed by atoms with van der Waals surface area (Å²) in [5, 5.41) is 0. The van der Waals surface area contributed by atoms with E-state index in [0.29, 0.717) is 44.2 Å². The van der Waals surface area contributed by atoms with Crippen LogP contribution in [0.25, 0.3) is 0 Å². The summed E-state index contributed by atoms with van der Waals surface area (Å²) >= 11 is 0. The van der Waals surface area contributed by atoms with Crippen molar-refractivity contribution in [3.8, 4) is 12.3 Å². The van der Waals surface area contributed by atoms with Gasteiger partial charge in [-0.1, -0.05) is 18.2 Å². The Morgan fingerprint density at radius 1 is 1.33 bits per heavy atom. The number of hydrogen-bond acceptors (Lipinski definition) is 4. The van der Waals surface area contributed by atoms with Crippen molar-refractivity contribution in [2.24, 2.45) is 0 Å². The number of terminal acetylenes is 1. The highest BCUT2D eigenvalue weighted by Crippen LogP contribution is 2.20. The van der Waals surface area contributed by atoms with Gasteiger partial charge < -0.3 is 9.64 Å². The maximum atomic E-state index is 12.2. The third kappa shape index (κ3) is 6.10. The van der Waals surface area contributed by atoms with E-state index in [0.717, 1.165) is 12.0 Å². The number of nitrogens with zero attached hydrogens (tertiary/aromatic N) is 1. The summed E-state index contributed by atoms with van der Waals surface area (Å²) in [4.78, 5) is 37.3. The minimum absolute atomic E-state index is 0.0385. The Hall–Kier alpha value is -2.87. The maximum Gasteiger partial charge on any atom is 0.337 e. The molecule has 1 atom stereocenters. The van der Waals surface area contributed by atoms with Gasteiger partial charge >= 0.3 is 5.97 Å². The number of ketones is 1. The number of unbranched alkanes of at least 4 members (excludes halogenated alkanes) is 1. The molecule has 5 nitrogen and oxygen atoms in total. The fourth-order valence-electron chi connectivity index (χ4n) is 3.09. The molecule has 0 N–H and O–H groups in total. The molecule has 1 amide bonds. The van der Waals surface area contributed by atoms with Gasteiger partial charge in [-0.25, -0.2) is 4.79 Å². The average molecular weight is 367 g/mol. The van der Waals surface area contributed by atoms with Crippen LogP contribution in [0, 0.1) is 12.3 Å². The summed E-state index contributed by atoms with van der Waals surface area (Å²) < 4.78 is 4.69. The van der Waals surface area contributed by atoms with Crippen LogP contribution in [0.2, 0.25) is 0 Å². The first-order valence-electron chi connectivity index (χ1n) is 9.16. The number of esters is 1. The summed E-state index contributed by atoms with van der Waals surface area (Å²) in [6, 6.07) is 7.14. The summed E-state index contributed by atoms with van der Waals surface area (Å²) in [6.45, 7) is 0.580. The minimum atomic E-state index is -0.367. The van der Waals surface area contributed by atoms with E-state index in [1.54, 1.807) is 18.2 Å². The zero-order valence-electron chi connectivity index (χ0n) is 15.6. The first-order chi connectivity index (χ1) is 13.0. The first-order valence-corrected chi connectivity index (χ1v) is 9.16. The fraction of sp³-hybridized carbons (Fsp3) is 0.409. The van der Waals surface area contributed by atoms with E-state index in [-0.39, 0.29) is 23.7 Å². The van der Waals surface area contributed by atoms with Crippen molar-refractivity contribution in [3.63, 3.8) is 0 Å². The van der Waals surface area contributed by atoms with Gasteiger partial charge in [-0.2, -0.15) is 0 Å². The van der Waals surface area contributed by atoms with Gasteiger partial charge in [0.15, 0.2) is 5.78 Å². The highest BCUT2D eigenvalue weighted by atomic mass is 16.5. The lowest BCUT2D eigenvalue weighted by atomic mass is 10.1. The van der Waals surface area contributed by atoms with Crippen LogP contribution in [-0.2, 0) is 20.7 Å². The minimum Gasteiger partial charge on any atom is -0.465 e. The second-order valence-corrected chi connectivity index (χ2v) is 6.51. The Bertz CT molecular complexity index is 743. The maximum absolute atomic E-state index is 12.2. The summed E-state index contributed by atoms with van der Waals surface area (Å²) in [5.74, 6) is 2.31. The monoisotopic (exact) mass is 367 g/mol. The molecule has 1 heterocycles. The number of ether oxygens (including phenoxy) is 1. The Labute approximate surface area is 160 Å². The quantitative estimate of drug-likeness (QED) is 0.291. The zero-order valence-corrected chi connectivity index (χ0v) is 15.6. The molecular formula is C22H25NO4. The van der Waals surface area contributed by atoms with Crippen molar-refractivity contribution in [2.45, 2.75) is 44.6 Å². The Kier molecular flexibility index (Phi) is 7.81. The lowest BCUT2D eigenvalue weighted by Crippen LogP contribution is -2.33. The highest BCUT2D eigenvalue weighted by molar-refractivity contribution is 5.90. The van der Waals surface area contributed by atoms with E-state index in [4.69, 9.17) is 6.42 Å². The number of amides is 1. The second-order valence-electron chi connectivity index (χ2n) is 6.51. The van der Waals surface area contributed by atoms with E-state index in [1.807, 2.05) is 23.1 Å². The Balaban J connectivity index is 1.89. The number of likely N-dealkylation sites (tertiary alicyclic amines) is 1. The average Bonchev–Trinajstić information content (AvgIpc) is 3.04. The van der Waals surface area contributed by atoms with Gasteiger partial charge in [0.1, 0.15) is 0 Å². The van der Waals surface area contributed by atoms with Crippen LogP contribution in [0.5, 0.6) is 0 Å². The van der Waals surface area contributed by atoms with Crippen LogP contribution in [0.15, 0.2) is 36.4 Å². The fourth-order valence-corrected chi connectivity index (χ4v) is 3.09. The number of allylic oxidation sites excluding steroid dienone is 1. The van der Waals surface area contributed by atoms with E-state index in [9.17, 15) is 14.4 Å². The molecule has 0 radical (unpaired) electrons. The van der Waals surface area contributed by atoms with E-state index in [1.165, 1.54) is 7.11 Å². The Morgan fingerprint density at radius 2 is 2.07 bits per heavy atom. The molecule has 0 aromatic heterocycles. The van der Waals surface area contributed by atoms with Crippen molar-refractivity contribution in [1.82, 2.24) is 4.90 Å². The van der Waals surface area contributed by atoms with Crippen LogP contribution in [-0.4, -0.2) is 42.3 Å². The zero-order chi connectivity index (χ0) is 19.6. The molecule has 0 unspecified atom stereocenters. The molecule has 0 bridgehead atoms. The predicted octanol–water partition coefficient (Wildman–Crippen LogP) is 2.94. The highest BCUT2D eigenvalue weighted by Gasteiger charge is 2.28. The van der Waals surface area contributed by atoms with Crippen LogP contribution in [0.1, 0.15) is 48.0 Å². The molecule has 1 aromatic rings. The molecule has 1 aromatic carbocycles. The molecule has 1 aliphatic rings. The molecule has 0 aliphatic carbocycles. The smallest absolute Gasteiger partial charge is 0.337 e. The number of rotatable bonds is 9. The van der Waals surface area contributed by atoms with Gasteiger partial charge in [-0.05, 0) is 43.0 Å². The molecule has 0 saturated carbocycles. The van der Waals surface area contributed by atoms with Gasteiger partial charge in [0, 0.05) is 25.8 Å². The molecule has 1 saturated heterocycles.